The van der Waals surface area contributed by atoms with Gasteiger partial charge in [0.15, 0.2) is 5.96 Å². The zero-order chi connectivity index (χ0) is 20.0. The molecule has 3 aromatic rings. The smallest absolute Gasteiger partial charge is 0.191 e. The van der Waals surface area contributed by atoms with E-state index in [1.807, 2.05) is 30.7 Å². The lowest BCUT2D eigenvalue weighted by Crippen LogP contribution is -2.39. The van der Waals surface area contributed by atoms with Gasteiger partial charge in [-0.25, -0.2) is 9.98 Å². The van der Waals surface area contributed by atoms with Crippen molar-refractivity contribution in [1.82, 2.24) is 15.6 Å². The van der Waals surface area contributed by atoms with Crippen LogP contribution < -0.4 is 10.6 Å². The molecule has 0 saturated carbocycles. The van der Waals surface area contributed by atoms with E-state index in [1.54, 1.807) is 40.9 Å². The summed E-state index contributed by atoms with van der Waals surface area (Å²) in [6, 6.07) is 6.26. The van der Waals surface area contributed by atoms with E-state index >= 15 is 0 Å². The lowest BCUT2D eigenvalue weighted by atomic mass is 10.00. The Kier molecular flexibility index (Phi) is 9.54. The Bertz CT molecular complexity index is 903. The van der Waals surface area contributed by atoms with Crippen molar-refractivity contribution in [3.8, 4) is 10.6 Å². The summed E-state index contributed by atoms with van der Waals surface area (Å²) in [6.45, 7) is 7.74. The average Bonchev–Trinajstić information content (AvgIpc) is 3.41. The Morgan fingerprint density at radius 3 is 2.72 bits per heavy atom. The second kappa shape index (κ2) is 11.4. The van der Waals surface area contributed by atoms with Crippen molar-refractivity contribution in [3.63, 3.8) is 0 Å². The van der Waals surface area contributed by atoms with Crippen LogP contribution in [0.2, 0.25) is 0 Å². The zero-order valence-electron chi connectivity index (χ0n) is 16.8. The number of guanidine groups is 1. The molecular weight excluding hydrogens is 535 g/mol. The fraction of sp³-hybridized carbons (Fsp3) is 0.400. The predicted octanol–water partition coefficient (Wildman–Crippen LogP) is 4.86. The third-order valence-corrected chi connectivity index (χ3v) is 6.85. The van der Waals surface area contributed by atoms with Crippen LogP contribution in [0, 0.1) is 6.92 Å². The number of rotatable bonds is 8. The molecule has 3 rings (SSSR count). The molecule has 1 unspecified atom stereocenters. The summed E-state index contributed by atoms with van der Waals surface area (Å²) in [5.41, 5.74) is 1.01. The molecule has 29 heavy (non-hydrogen) atoms. The average molecular weight is 563 g/mol. The molecule has 0 saturated heterocycles. The molecule has 5 nitrogen and oxygen atoms in total. The molecule has 9 heteroatoms. The SMILES string of the molecule is CCNC(=NCC(C)(O)c1ccsc1)NCCc1ccc(-c2csc(C)n2)s1.I. The molecule has 0 aliphatic heterocycles. The van der Waals surface area contributed by atoms with Crippen molar-refractivity contribution in [2.75, 3.05) is 19.6 Å². The molecule has 0 aliphatic rings. The number of aryl methyl sites for hydroxylation is 1. The number of aliphatic imine (C=N–C) groups is 1. The molecule has 3 N–H and O–H groups in total. The van der Waals surface area contributed by atoms with Gasteiger partial charge in [0.25, 0.3) is 0 Å². The maximum Gasteiger partial charge on any atom is 0.191 e. The molecule has 3 heterocycles. The fourth-order valence-corrected chi connectivity index (χ4v) is 5.11. The van der Waals surface area contributed by atoms with Crippen LogP contribution >= 0.6 is 58.0 Å². The topological polar surface area (TPSA) is 69.5 Å². The van der Waals surface area contributed by atoms with Crippen molar-refractivity contribution in [3.05, 3.63) is 49.8 Å². The summed E-state index contributed by atoms with van der Waals surface area (Å²) in [5.74, 6) is 0.727. The molecule has 158 valence electrons. The zero-order valence-corrected chi connectivity index (χ0v) is 21.5. The summed E-state index contributed by atoms with van der Waals surface area (Å²) in [6.07, 6.45) is 0.916. The van der Waals surface area contributed by atoms with Gasteiger partial charge in [-0.05, 0) is 61.7 Å². The number of hydrogen-bond acceptors (Lipinski definition) is 6. The van der Waals surface area contributed by atoms with Crippen LogP contribution in [-0.4, -0.2) is 35.7 Å². The van der Waals surface area contributed by atoms with Crippen molar-refractivity contribution >= 4 is 63.9 Å². The van der Waals surface area contributed by atoms with Crippen molar-refractivity contribution < 1.29 is 5.11 Å². The molecule has 0 fully saturated rings. The molecule has 0 amide bonds. The van der Waals surface area contributed by atoms with Crippen molar-refractivity contribution in [1.29, 1.82) is 0 Å². The highest BCUT2D eigenvalue weighted by molar-refractivity contribution is 14.0. The monoisotopic (exact) mass is 562 g/mol. The number of nitrogens with one attached hydrogen (secondary N) is 2. The van der Waals surface area contributed by atoms with Crippen LogP contribution in [0.15, 0.2) is 39.3 Å². The molecule has 0 aromatic carbocycles. The second-order valence-corrected chi connectivity index (χ2v) is 9.69. The number of aliphatic hydroxyl groups is 1. The highest BCUT2D eigenvalue weighted by atomic mass is 127. The molecule has 0 aliphatic carbocycles. The lowest BCUT2D eigenvalue weighted by Gasteiger charge is -2.21. The molecule has 3 aromatic heterocycles. The Hall–Kier alpha value is -1.01. The Labute approximate surface area is 201 Å². The molecule has 0 spiro atoms. The van der Waals surface area contributed by atoms with Crippen molar-refractivity contribution in [2.45, 2.75) is 32.8 Å². The van der Waals surface area contributed by atoms with Gasteiger partial charge in [0.05, 0.1) is 22.1 Å². The Balaban J connectivity index is 0.00000300. The van der Waals surface area contributed by atoms with E-state index in [1.165, 1.54) is 9.75 Å². The van der Waals surface area contributed by atoms with Crippen LogP contribution in [0.1, 0.15) is 29.3 Å². The van der Waals surface area contributed by atoms with Gasteiger partial charge in [-0.15, -0.1) is 46.7 Å². The summed E-state index contributed by atoms with van der Waals surface area (Å²) < 4.78 is 0. The Morgan fingerprint density at radius 2 is 2.07 bits per heavy atom. The summed E-state index contributed by atoms with van der Waals surface area (Å²) in [4.78, 5) is 11.7. The van der Waals surface area contributed by atoms with Gasteiger partial charge in [-0.3, -0.25) is 0 Å². The maximum absolute atomic E-state index is 10.6. The van der Waals surface area contributed by atoms with Gasteiger partial charge in [-0.1, -0.05) is 0 Å². The minimum absolute atomic E-state index is 0. The van der Waals surface area contributed by atoms with E-state index in [0.29, 0.717) is 6.54 Å². The number of nitrogens with zero attached hydrogens (tertiary/aromatic N) is 2. The van der Waals surface area contributed by atoms with Crippen LogP contribution in [0.5, 0.6) is 0 Å². The fourth-order valence-electron chi connectivity index (χ4n) is 2.67. The molecule has 0 radical (unpaired) electrons. The lowest BCUT2D eigenvalue weighted by molar-refractivity contribution is 0.0677. The van der Waals surface area contributed by atoms with Gasteiger partial charge in [0, 0.05) is 23.3 Å². The highest BCUT2D eigenvalue weighted by Crippen LogP contribution is 2.29. The molecular formula is C20H27IN4OS3. The van der Waals surface area contributed by atoms with E-state index in [4.69, 9.17) is 0 Å². The normalized spacial score (nSPS) is 13.6. The first-order valence-corrected chi connectivity index (χ1v) is 11.9. The van der Waals surface area contributed by atoms with Gasteiger partial charge in [0.2, 0.25) is 0 Å². The van der Waals surface area contributed by atoms with Crippen LogP contribution in [-0.2, 0) is 12.0 Å². The molecule has 0 bridgehead atoms. The number of thiophene rings is 2. The van der Waals surface area contributed by atoms with E-state index in [0.717, 1.165) is 41.7 Å². The van der Waals surface area contributed by atoms with Gasteiger partial charge in [0.1, 0.15) is 5.60 Å². The quantitative estimate of drug-likeness (QED) is 0.208. The van der Waals surface area contributed by atoms with E-state index in [9.17, 15) is 5.11 Å². The van der Waals surface area contributed by atoms with Gasteiger partial charge in [-0.2, -0.15) is 11.3 Å². The Morgan fingerprint density at radius 1 is 1.24 bits per heavy atom. The molecule has 1 atom stereocenters. The first-order chi connectivity index (χ1) is 13.5. The first-order valence-electron chi connectivity index (χ1n) is 9.26. The number of halogens is 1. The van der Waals surface area contributed by atoms with Gasteiger partial charge < -0.3 is 15.7 Å². The standard InChI is InChI=1S/C20H26N4OS3.HI/c1-4-21-19(23-13-20(3,25)15-8-10-26-11-15)22-9-7-16-5-6-18(28-16)17-12-27-14(2)24-17;/h5-6,8,10-12,25H,4,7,9,13H2,1-3H3,(H2,21,22,23);1H. The number of hydrogen-bond donors (Lipinski definition) is 3. The largest absolute Gasteiger partial charge is 0.383 e. The predicted molar refractivity (Wildman–Crippen MR) is 137 cm³/mol. The third-order valence-electron chi connectivity index (χ3n) is 4.23. The van der Waals surface area contributed by atoms with Crippen LogP contribution in [0.25, 0.3) is 10.6 Å². The minimum Gasteiger partial charge on any atom is -0.383 e. The summed E-state index contributed by atoms with van der Waals surface area (Å²) >= 11 is 5.05. The summed E-state index contributed by atoms with van der Waals surface area (Å²) in [7, 11) is 0. The van der Waals surface area contributed by atoms with E-state index in [-0.39, 0.29) is 24.0 Å². The van der Waals surface area contributed by atoms with E-state index < -0.39 is 5.60 Å². The highest BCUT2D eigenvalue weighted by Gasteiger charge is 2.23. The van der Waals surface area contributed by atoms with E-state index in [2.05, 4.69) is 38.1 Å². The van der Waals surface area contributed by atoms with Crippen LogP contribution in [0.3, 0.4) is 0 Å². The maximum atomic E-state index is 10.6. The second-order valence-electron chi connectivity index (χ2n) is 6.68. The number of aromatic nitrogens is 1. The van der Waals surface area contributed by atoms with Gasteiger partial charge >= 0.3 is 0 Å². The summed E-state index contributed by atoms with van der Waals surface area (Å²) in [5, 5.41) is 24.4. The minimum atomic E-state index is -0.962. The number of thiazole rings is 1. The van der Waals surface area contributed by atoms with Crippen LogP contribution in [0.4, 0.5) is 0 Å². The van der Waals surface area contributed by atoms with Crippen molar-refractivity contribution in [2.24, 2.45) is 4.99 Å². The third kappa shape index (κ3) is 7.02. The first kappa shape index (κ1) is 24.3.